The minimum atomic E-state index is -0.442. The van der Waals surface area contributed by atoms with Crippen molar-refractivity contribution in [2.24, 2.45) is 0 Å². The summed E-state index contributed by atoms with van der Waals surface area (Å²) in [5.74, 6) is -0.0403. The summed E-state index contributed by atoms with van der Waals surface area (Å²) in [6.07, 6.45) is 0. The summed E-state index contributed by atoms with van der Waals surface area (Å²) >= 11 is 0. The lowest BCUT2D eigenvalue weighted by Crippen LogP contribution is -2.35. The summed E-state index contributed by atoms with van der Waals surface area (Å²) in [6.45, 7) is 2.27. The Morgan fingerprint density at radius 3 is 2.57 bits per heavy atom. The highest BCUT2D eigenvalue weighted by Crippen LogP contribution is 2.13. The van der Waals surface area contributed by atoms with Crippen LogP contribution in [0.5, 0.6) is 0 Å². The summed E-state index contributed by atoms with van der Waals surface area (Å²) in [5, 5.41) is 1.27. The second-order valence-corrected chi connectivity index (χ2v) is 6.45. The van der Waals surface area contributed by atoms with Gasteiger partial charge in [-0.05, 0) is 36.6 Å². The molecule has 0 unspecified atom stereocenters. The van der Waals surface area contributed by atoms with E-state index in [-0.39, 0.29) is 17.7 Å². The molecule has 2 N–H and O–H groups in total. The number of carbonyl (C=O) groups excluding carboxylic acids is 1. The quantitative estimate of drug-likeness (QED) is 0.573. The van der Waals surface area contributed by atoms with Crippen molar-refractivity contribution < 1.29 is 4.79 Å². The van der Waals surface area contributed by atoms with Crippen LogP contribution in [-0.4, -0.2) is 32.3 Å². The molecule has 0 saturated carbocycles. The van der Waals surface area contributed by atoms with Gasteiger partial charge in [-0.3, -0.25) is 14.4 Å². The summed E-state index contributed by atoms with van der Waals surface area (Å²) < 4.78 is 0. The number of carbonyl (C=O) groups is 1. The first kappa shape index (κ1) is 17.7. The van der Waals surface area contributed by atoms with Crippen LogP contribution in [0.1, 0.15) is 23.1 Å². The van der Waals surface area contributed by atoms with Gasteiger partial charge in [0.1, 0.15) is 11.4 Å². The topological polar surface area (TPSA) is 98.9 Å². The summed E-state index contributed by atoms with van der Waals surface area (Å²) in [4.78, 5) is 49.0. The first-order valence-electron chi connectivity index (χ1n) is 8.96. The fourth-order valence-electron chi connectivity index (χ4n) is 3.19. The van der Waals surface area contributed by atoms with E-state index in [1.165, 1.54) is 4.90 Å². The van der Waals surface area contributed by atoms with Gasteiger partial charge in [-0.25, -0.2) is 4.98 Å². The Morgan fingerprint density at radius 2 is 1.75 bits per heavy atom. The van der Waals surface area contributed by atoms with Crippen LogP contribution in [-0.2, 0) is 6.54 Å². The van der Waals surface area contributed by atoms with Gasteiger partial charge in [0.2, 0.25) is 0 Å². The summed E-state index contributed by atoms with van der Waals surface area (Å²) in [5.41, 5.74) is 0.597. The maximum atomic E-state index is 13.0. The van der Waals surface area contributed by atoms with Crippen molar-refractivity contribution in [2.45, 2.75) is 13.5 Å². The van der Waals surface area contributed by atoms with E-state index in [1.807, 2.05) is 25.1 Å². The maximum Gasteiger partial charge on any atom is 0.261 e. The third-order valence-corrected chi connectivity index (χ3v) is 4.66. The lowest BCUT2D eigenvalue weighted by molar-refractivity contribution is 0.0747. The Kier molecular flexibility index (Phi) is 4.49. The maximum absolute atomic E-state index is 13.0. The Balaban J connectivity index is 1.69. The van der Waals surface area contributed by atoms with E-state index in [0.717, 1.165) is 5.39 Å². The van der Waals surface area contributed by atoms with Crippen LogP contribution in [0, 0.1) is 0 Å². The molecule has 0 spiro atoms. The molecule has 4 rings (SSSR count). The first-order chi connectivity index (χ1) is 13.6. The number of hydrogen-bond donors (Lipinski definition) is 2. The van der Waals surface area contributed by atoms with Crippen molar-refractivity contribution in [3.8, 4) is 0 Å². The van der Waals surface area contributed by atoms with E-state index < -0.39 is 11.5 Å². The highest BCUT2D eigenvalue weighted by Gasteiger charge is 2.19. The fraction of sp³-hybridized carbons (Fsp3) is 0.143. The van der Waals surface area contributed by atoms with Gasteiger partial charge in [-0.2, -0.15) is 0 Å². The molecular formula is C21H18N4O3. The number of amides is 1. The zero-order valence-corrected chi connectivity index (χ0v) is 15.2. The van der Waals surface area contributed by atoms with Crippen molar-refractivity contribution in [1.29, 1.82) is 0 Å². The van der Waals surface area contributed by atoms with E-state index in [2.05, 4.69) is 15.0 Å². The molecule has 0 bridgehead atoms. The van der Waals surface area contributed by atoms with Crippen LogP contribution < -0.4 is 11.1 Å². The zero-order chi connectivity index (χ0) is 19.7. The number of pyridine rings is 1. The number of rotatable bonds is 4. The molecule has 28 heavy (non-hydrogen) atoms. The van der Waals surface area contributed by atoms with Gasteiger partial charge in [-0.1, -0.05) is 30.3 Å². The van der Waals surface area contributed by atoms with E-state index >= 15 is 0 Å². The standard InChI is InChI=1S/C21H18N4O3/c1-2-25(12-18-22-17-10-6-4-8-14(17)19(26)24-18)21(28)15-11-13-7-3-5-9-16(13)23-20(15)27/h3-11H,2,12H2,1H3,(H,23,27)(H,22,24,26). The second kappa shape index (κ2) is 7.11. The number of para-hydroxylation sites is 2. The molecule has 4 aromatic rings. The minimum absolute atomic E-state index is 0.0590. The van der Waals surface area contributed by atoms with Crippen molar-refractivity contribution in [3.05, 3.63) is 86.7 Å². The first-order valence-corrected chi connectivity index (χ1v) is 8.96. The Labute approximate surface area is 159 Å². The van der Waals surface area contributed by atoms with Crippen molar-refractivity contribution in [3.63, 3.8) is 0 Å². The van der Waals surface area contributed by atoms with Crippen LogP contribution in [0.25, 0.3) is 21.8 Å². The number of nitrogens with zero attached hydrogens (tertiary/aromatic N) is 2. The molecule has 0 aliphatic rings. The van der Waals surface area contributed by atoms with Crippen molar-refractivity contribution in [1.82, 2.24) is 19.9 Å². The third-order valence-electron chi connectivity index (χ3n) is 4.66. The zero-order valence-electron chi connectivity index (χ0n) is 15.2. The van der Waals surface area contributed by atoms with Gasteiger partial charge < -0.3 is 14.9 Å². The molecule has 1 amide bonds. The number of H-pyrrole nitrogens is 2. The smallest absolute Gasteiger partial charge is 0.261 e. The lowest BCUT2D eigenvalue weighted by atomic mass is 10.1. The van der Waals surface area contributed by atoms with Gasteiger partial charge in [0.15, 0.2) is 0 Å². The molecule has 7 heteroatoms. The molecule has 0 aliphatic carbocycles. The number of aromatic amines is 2. The Bertz CT molecular complexity index is 1310. The molecular weight excluding hydrogens is 356 g/mol. The molecule has 140 valence electrons. The third kappa shape index (κ3) is 3.18. The molecule has 2 aromatic carbocycles. The minimum Gasteiger partial charge on any atom is -0.331 e. The fourth-order valence-corrected chi connectivity index (χ4v) is 3.19. The number of benzene rings is 2. The molecule has 2 aromatic heterocycles. The van der Waals surface area contributed by atoms with Gasteiger partial charge in [0, 0.05) is 12.1 Å². The van der Waals surface area contributed by atoms with Crippen LogP contribution in [0.4, 0.5) is 0 Å². The Morgan fingerprint density at radius 1 is 1.00 bits per heavy atom. The second-order valence-electron chi connectivity index (χ2n) is 6.45. The van der Waals surface area contributed by atoms with Crippen LogP contribution in [0.2, 0.25) is 0 Å². The van der Waals surface area contributed by atoms with Crippen LogP contribution in [0.3, 0.4) is 0 Å². The predicted octanol–water partition coefficient (Wildman–Crippen LogP) is 2.43. The molecule has 7 nitrogen and oxygen atoms in total. The van der Waals surface area contributed by atoms with E-state index in [4.69, 9.17) is 0 Å². The molecule has 0 atom stereocenters. The summed E-state index contributed by atoms with van der Waals surface area (Å²) in [6, 6.07) is 15.9. The Hall–Kier alpha value is -3.74. The van der Waals surface area contributed by atoms with E-state index in [0.29, 0.717) is 28.8 Å². The lowest BCUT2D eigenvalue weighted by Gasteiger charge is -2.20. The average Bonchev–Trinajstić information content (AvgIpc) is 2.71. The number of hydrogen-bond acceptors (Lipinski definition) is 4. The van der Waals surface area contributed by atoms with Crippen LogP contribution in [0.15, 0.2) is 64.2 Å². The van der Waals surface area contributed by atoms with Gasteiger partial charge in [-0.15, -0.1) is 0 Å². The average molecular weight is 374 g/mol. The number of aromatic nitrogens is 3. The molecule has 0 fully saturated rings. The van der Waals surface area contributed by atoms with Gasteiger partial charge in [0.05, 0.1) is 17.4 Å². The predicted molar refractivity (Wildman–Crippen MR) is 107 cm³/mol. The van der Waals surface area contributed by atoms with Gasteiger partial charge in [0.25, 0.3) is 17.0 Å². The number of fused-ring (bicyclic) bond motifs is 2. The normalized spacial score (nSPS) is 11.0. The van der Waals surface area contributed by atoms with Gasteiger partial charge >= 0.3 is 0 Å². The molecule has 2 heterocycles. The molecule has 0 saturated heterocycles. The van der Waals surface area contributed by atoms with Crippen LogP contribution >= 0.6 is 0 Å². The number of nitrogens with one attached hydrogen (secondary N) is 2. The van der Waals surface area contributed by atoms with Crippen molar-refractivity contribution >= 4 is 27.7 Å². The SMILES string of the molecule is CCN(Cc1nc2ccccc2c(=O)[nH]1)C(=O)c1cc2ccccc2[nH]c1=O. The monoisotopic (exact) mass is 374 g/mol. The van der Waals surface area contributed by atoms with E-state index in [9.17, 15) is 14.4 Å². The largest absolute Gasteiger partial charge is 0.331 e. The highest BCUT2D eigenvalue weighted by molar-refractivity contribution is 5.97. The molecule has 0 aliphatic heterocycles. The van der Waals surface area contributed by atoms with E-state index in [1.54, 1.807) is 36.4 Å². The molecule has 0 radical (unpaired) electrons. The van der Waals surface area contributed by atoms with Crippen molar-refractivity contribution in [2.75, 3.05) is 6.54 Å². The summed E-state index contributed by atoms with van der Waals surface area (Å²) in [7, 11) is 0. The highest BCUT2D eigenvalue weighted by atomic mass is 16.2.